The van der Waals surface area contributed by atoms with Gasteiger partial charge in [0.2, 0.25) is 0 Å². The van der Waals surface area contributed by atoms with E-state index in [2.05, 4.69) is 88.4 Å². The van der Waals surface area contributed by atoms with E-state index in [0.29, 0.717) is 34.5 Å². The predicted molar refractivity (Wildman–Crippen MR) is 166 cm³/mol. The average molecular weight is 551 g/mol. The molecule has 4 aromatic carbocycles. The molecule has 2 nitrogen and oxygen atoms in total. The van der Waals surface area contributed by atoms with Gasteiger partial charge in [0, 0.05) is 0 Å². The summed E-state index contributed by atoms with van der Waals surface area (Å²) in [5, 5.41) is 26.9. The molecule has 4 bridgehead atoms. The highest BCUT2D eigenvalue weighted by molar-refractivity contribution is 5.90. The summed E-state index contributed by atoms with van der Waals surface area (Å²) in [4.78, 5) is 0. The summed E-state index contributed by atoms with van der Waals surface area (Å²) < 4.78 is 0. The van der Waals surface area contributed by atoms with Gasteiger partial charge in [0.1, 0.15) is 0 Å². The van der Waals surface area contributed by atoms with Gasteiger partial charge in [-0.05, 0) is 127 Å². The van der Waals surface area contributed by atoms with Crippen molar-refractivity contribution in [3.05, 3.63) is 117 Å². The molecule has 8 aliphatic rings. The molecule has 2 N–H and O–H groups in total. The van der Waals surface area contributed by atoms with Gasteiger partial charge in [-0.2, -0.15) is 0 Å². The monoisotopic (exact) mass is 550 g/mol. The van der Waals surface area contributed by atoms with Gasteiger partial charge in [0.25, 0.3) is 0 Å². The molecule has 0 unspecified atom stereocenters. The lowest BCUT2D eigenvalue weighted by atomic mass is 9.47. The van der Waals surface area contributed by atoms with Crippen LogP contribution in [0.1, 0.15) is 96.9 Å². The molecule has 0 saturated heterocycles. The second-order valence-electron chi connectivity index (χ2n) is 15.6. The van der Waals surface area contributed by atoms with E-state index in [4.69, 9.17) is 0 Å². The van der Waals surface area contributed by atoms with Crippen molar-refractivity contribution >= 4 is 0 Å². The molecule has 2 fully saturated rings. The van der Waals surface area contributed by atoms with Crippen LogP contribution in [-0.2, 0) is 24.0 Å². The van der Waals surface area contributed by atoms with E-state index in [1.165, 1.54) is 46.2 Å². The van der Waals surface area contributed by atoms with Crippen molar-refractivity contribution in [3.63, 3.8) is 0 Å². The minimum Gasteiger partial charge on any atom is -0.377 e. The van der Waals surface area contributed by atoms with Crippen molar-refractivity contribution in [2.75, 3.05) is 0 Å². The minimum atomic E-state index is -1.60. The Morgan fingerprint density at radius 2 is 0.929 bits per heavy atom. The molecule has 6 atom stereocenters. The third kappa shape index (κ3) is 2.35. The highest BCUT2D eigenvalue weighted by Crippen LogP contribution is 2.69. The average Bonchev–Trinajstić information content (AvgIpc) is 3.44. The Kier molecular flexibility index (Phi) is 4.11. The molecule has 0 aromatic heterocycles. The molecule has 12 rings (SSSR count). The van der Waals surface area contributed by atoms with Crippen LogP contribution in [0.3, 0.4) is 0 Å². The summed E-state index contributed by atoms with van der Waals surface area (Å²) in [6.07, 6.45) is 4.62. The summed E-state index contributed by atoms with van der Waals surface area (Å²) in [5.74, 6) is 2.47. The smallest absolute Gasteiger partial charge is 0.153 e. The number of hydrogen-bond acceptors (Lipinski definition) is 2. The van der Waals surface area contributed by atoms with E-state index >= 15 is 0 Å². The zero-order valence-electron chi connectivity index (χ0n) is 25.0. The van der Waals surface area contributed by atoms with Crippen LogP contribution in [0.2, 0.25) is 0 Å². The van der Waals surface area contributed by atoms with E-state index in [1.807, 2.05) is 12.1 Å². The van der Waals surface area contributed by atoms with Crippen molar-refractivity contribution in [2.24, 2.45) is 22.7 Å². The first-order valence-corrected chi connectivity index (χ1v) is 16.1. The Morgan fingerprint density at radius 3 is 1.33 bits per heavy atom. The maximum Gasteiger partial charge on any atom is 0.153 e. The first kappa shape index (κ1) is 24.3. The molecule has 42 heavy (non-hydrogen) atoms. The van der Waals surface area contributed by atoms with E-state index in [0.717, 1.165) is 46.2 Å². The van der Waals surface area contributed by atoms with Crippen LogP contribution in [0.4, 0.5) is 0 Å². The minimum absolute atomic E-state index is 0.325. The van der Waals surface area contributed by atoms with Crippen LogP contribution in [0.5, 0.6) is 0 Å². The molecule has 210 valence electrons. The Balaban J connectivity index is 1.26. The van der Waals surface area contributed by atoms with Gasteiger partial charge in [-0.3, -0.25) is 0 Å². The van der Waals surface area contributed by atoms with Gasteiger partial charge in [-0.15, -0.1) is 0 Å². The van der Waals surface area contributed by atoms with Crippen LogP contribution in [-0.4, -0.2) is 10.2 Å². The van der Waals surface area contributed by atoms with E-state index < -0.39 is 11.2 Å². The second-order valence-corrected chi connectivity index (χ2v) is 15.6. The Hall–Kier alpha value is -3.20. The van der Waals surface area contributed by atoms with Crippen molar-refractivity contribution in [1.82, 2.24) is 0 Å². The quantitative estimate of drug-likeness (QED) is 0.251. The molecular weight excluding hydrogens is 512 g/mol. The van der Waals surface area contributed by atoms with Gasteiger partial charge in [-0.25, -0.2) is 0 Å². The van der Waals surface area contributed by atoms with Crippen molar-refractivity contribution < 1.29 is 10.2 Å². The van der Waals surface area contributed by atoms with Crippen LogP contribution in [0.25, 0.3) is 22.3 Å². The summed E-state index contributed by atoms with van der Waals surface area (Å²) in [6.45, 7) is 9.70. The molecule has 0 spiro atoms. The molecule has 0 amide bonds. The Morgan fingerprint density at radius 1 is 0.524 bits per heavy atom. The molecule has 8 aliphatic carbocycles. The van der Waals surface area contributed by atoms with Crippen molar-refractivity contribution in [1.29, 1.82) is 0 Å². The molecular formula is C40H38O2. The van der Waals surface area contributed by atoms with Gasteiger partial charge in [0.05, 0.1) is 0 Å². The fourth-order valence-electron chi connectivity index (χ4n) is 11.0. The highest BCUT2D eigenvalue weighted by atomic mass is 16.4. The molecule has 0 heterocycles. The number of rotatable bonds is 1. The van der Waals surface area contributed by atoms with Gasteiger partial charge < -0.3 is 10.2 Å². The third-order valence-corrected chi connectivity index (χ3v) is 13.8. The highest BCUT2D eigenvalue weighted by Gasteiger charge is 2.64. The molecule has 0 aliphatic heterocycles. The summed E-state index contributed by atoms with van der Waals surface area (Å²) in [5.41, 5.74) is 11.1. The SMILES string of the molecule is CC1(C)[C@H]2Cc3c(ccc4c3-c3ccccc3[C@]4(O)[C@]3(O)c4ccccc4-c4c3ccc3c4C[C@H]4C[C@H]3C4(C)C)[C@H]1C2. The Bertz CT molecular complexity index is 1770. The first-order valence-electron chi connectivity index (χ1n) is 16.1. The summed E-state index contributed by atoms with van der Waals surface area (Å²) in [6, 6.07) is 25.6. The Labute approximate surface area is 248 Å². The summed E-state index contributed by atoms with van der Waals surface area (Å²) in [7, 11) is 0. The van der Waals surface area contributed by atoms with E-state index in [1.54, 1.807) is 0 Å². The maximum atomic E-state index is 13.4. The zero-order chi connectivity index (χ0) is 28.6. The molecule has 0 radical (unpaired) electrons. The number of hydrogen-bond donors (Lipinski definition) is 2. The fourth-order valence-corrected chi connectivity index (χ4v) is 11.0. The van der Waals surface area contributed by atoms with E-state index in [9.17, 15) is 10.2 Å². The fraction of sp³-hybridized carbons (Fsp3) is 0.400. The van der Waals surface area contributed by atoms with Crippen LogP contribution < -0.4 is 0 Å². The van der Waals surface area contributed by atoms with E-state index in [-0.39, 0.29) is 0 Å². The van der Waals surface area contributed by atoms with Gasteiger partial charge in [0.15, 0.2) is 11.2 Å². The molecule has 4 aromatic rings. The number of benzene rings is 4. The normalized spacial score (nSPS) is 34.1. The first-order chi connectivity index (χ1) is 20.1. The lowest BCUT2D eigenvalue weighted by Crippen LogP contribution is -2.50. The topological polar surface area (TPSA) is 40.5 Å². The van der Waals surface area contributed by atoms with Crippen LogP contribution in [0.15, 0.2) is 72.8 Å². The van der Waals surface area contributed by atoms with Gasteiger partial charge >= 0.3 is 0 Å². The molecule has 2 saturated carbocycles. The third-order valence-electron chi connectivity index (χ3n) is 13.8. The summed E-state index contributed by atoms with van der Waals surface area (Å²) >= 11 is 0. The standard InChI is InChI=1S/C40H38O2/c1-37(2)21-17-27-23(33(37)19-21)13-15-31-35(27)25-9-5-7-11-29(25)39(31,41)40(42)30-12-8-6-10-26(30)36-28-18-22-20-34(38(22,3)4)24(28)14-16-32(36)40/h5-16,21-22,33-34,41-42H,17-20H2,1-4H3/t21-,22-,33+,34+,39-,40+/m0/s1. The lowest BCUT2D eigenvalue weighted by molar-refractivity contribution is -0.107. The predicted octanol–water partition coefficient (Wildman–Crippen LogP) is 8.19. The second kappa shape index (κ2) is 7.12. The molecule has 2 heteroatoms. The number of aliphatic hydroxyl groups is 2. The van der Waals surface area contributed by atoms with Crippen LogP contribution in [0, 0.1) is 22.7 Å². The number of fused-ring (bicyclic) bond motifs is 6. The van der Waals surface area contributed by atoms with Crippen molar-refractivity contribution in [3.8, 4) is 22.3 Å². The zero-order valence-corrected chi connectivity index (χ0v) is 25.0. The van der Waals surface area contributed by atoms with Gasteiger partial charge in [-0.1, -0.05) is 100 Å². The van der Waals surface area contributed by atoms with Crippen molar-refractivity contribution in [2.45, 2.75) is 76.4 Å². The van der Waals surface area contributed by atoms with Crippen LogP contribution >= 0.6 is 0 Å². The lowest BCUT2D eigenvalue weighted by Gasteiger charge is -2.57. The maximum absolute atomic E-state index is 13.4. The largest absolute Gasteiger partial charge is 0.377 e.